The maximum Gasteiger partial charge on any atom is 0.176 e. The molecule has 1 aliphatic carbocycles. The summed E-state index contributed by atoms with van der Waals surface area (Å²) in [6.07, 6.45) is 9.88. The van der Waals surface area contributed by atoms with Crippen LogP contribution in [0.25, 0.3) is 0 Å². The molecule has 0 radical (unpaired) electrons. The SMILES string of the molecule is CSc1ccc(C(=O)CN(C)C2CCCCCC2)cc1. The van der Waals surface area contributed by atoms with Gasteiger partial charge < -0.3 is 0 Å². The molecular formula is C17H25NOS. The van der Waals surface area contributed by atoms with E-state index in [4.69, 9.17) is 0 Å². The third-order valence-corrected chi connectivity index (χ3v) is 5.00. The minimum atomic E-state index is 0.240. The molecule has 0 spiro atoms. The summed E-state index contributed by atoms with van der Waals surface area (Å²) in [4.78, 5) is 15.8. The van der Waals surface area contributed by atoms with E-state index in [0.717, 1.165) is 5.56 Å². The quantitative estimate of drug-likeness (QED) is 0.459. The Hall–Kier alpha value is -0.800. The molecule has 0 N–H and O–H groups in total. The number of thioether (sulfide) groups is 1. The van der Waals surface area contributed by atoms with Crippen LogP contribution in [0.4, 0.5) is 0 Å². The summed E-state index contributed by atoms with van der Waals surface area (Å²) in [6.45, 7) is 0.545. The lowest BCUT2D eigenvalue weighted by molar-refractivity contribution is 0.0912. The van der Waals surface area contributed by atoms with Crippen molar-refractivity contribution in [3.8, 4) is 0 Å². The Kier molecular flexibility index (Phi) is 6.11. The van der Waals surface area contributed by atoms with Crippen LogP contribution < -0.4 is 0 Å². The molecule has 3 heteroatoms. The number of ketones is 1. The van der Waals surface area contributed by atoms with Crippen LogP contribution in [-0.4, -0.2) is 36.6 Å². The summed E-state index contributed by atoms with van der Waals surface area (Å²) >= 11 is 1.71. The average molecular weight is 291 g/mol. The molecular weight excluding hydrogens is 266 g/mol. The number of benzene rings is 1. The molecule has 0 bridgehead atoms. The molecule has 0 saturated heterocycles. The topological polar surface area (TPSA) is 20.3 Å². The number of hydrogen-bond acceptors (Lipinski definition) is 3. The van der Waals surface area contributed by atoms with Crippen LogP contribution in [0.1, 0.15) is 48.9 Å². The first-order valence-corrected chi connectivity index (χ1v) is 8.80. The van der Waals surface area contributed by atoms with E-state index in [1.54, 1.807) is 11.8 Å². The van der Waals surface area contributed by atoms with Crippen LogP contribution in [-0.2, 0) is 0 Å². The molecule has 0 heterocycles. The third-order valence-electron chi connectivity index (χ3n) is 4.25. The van der Waals surface area contributed by atoms with Crippen molar-refractivity contribution in [1.29, 1.82) is 0 Å². The Labute approximate surface area is 126 Å². The molecule has 20 heavy (non-hydrogen) atoms. The van der Waals surface area contributed by atoms with Gasteiger partial charge in [0.05, 0.1) is 6.54 Å². The molecule has 0 unspecified atom stereocenters. The first-order chi connectivity index (χ1) is 9.70. The Balaban J connectivity index is 1.91. The number of carbonyl (C=O) groups excluding carboxylic acids is 1. The van der Waals surface area contributed by atoms with Crippen molar-refractivity contribution in [2.24, 2.45) is 0 Å². The highest BCUT2D eigenvalue weighted by Gasteiger charge is 2.19. The Morgan fingerprint density at radius 3 is 2.30 bits per heavy atom. The van der Waals surface area contributed by atoms with Crippen LogP contribution in [0.3, 0.4) is 0 Å². The van der Waals surface area contributed by atoms with Gasteiger partial charge in [0.15, 0.2) is 5.78 Å². The van der Waals surface area contributed by atoms with E-state index in [-0.39, 0.29) is 5.78 Å². The van der Waals surface area contributed by atoms with Gasteiger partial charge in [0, 0.05) is 16.5 Å². The molecule has 110 valence electrons. The van der Waals surface area contributed by atoms with Crippen LogP contribution in [0.2, 0.25) is 0 Å². The van der Waals surface area contributed by atoms with Crippen molar-refractivity contribution in [3.63, 3.8) is 0 Å². The number of Topliss-reactive ketones (excluding diaryl/α,β-unsaturated/α-hetero) is 1. The Bertz CT molecular complexity index is 421. The second-order valence-corrected chi connectivity index (χ2v) is 6.59. The molecule has 0 aliphatic heterocycles. The fourth-order valence-electron chi connectivity index (χ4n) is 2.92. The highest BCUT2D eigenvalue weighted by molar-refractivity contribution is 7.98. The maximum absolute atomic E-state index is 12.3. The summed E-state index contributed by atoms with van der Waals surface area (Å²) in [7, 11) is 2.10. The van der Waals surface area contributed by atoms with Crippen molar-refractivity contribution in [2.45, 2.75) is 49.5 Å². The lowest BCUT2D eigenvalue weighted by Gasteiger charge is -2.26. The van der Waals surface area contributed by atoms with Crippen molar-refractivity contribution < 1.29 is 4.79 Å². The molecule has 2 nitrogen and oxygen atoms in total. The number of nitrogens with zero attached hydrogens (tertiary/aromatic N) is 1. The van der Waals surface area contributed by atoms with Gasteiger partial charge in [-0.25, -0.2) is 0 Å². The molecule has 1 aromatic carbocycles. The second kappa shape index (κ2) is 7.84. The predicted molar refractivity (Wildman–Crippen MR) is 86.7 cm³/mol. The summed E-state index contributed by atoms with van der Waals surface area (Å²) in [5.41, 5.74) is 0.836. The second-order valence-electron chi connectivity index (χ2n) is 5.71. The number of hydrogen-bond donors (Lipinski definition) is 0. The Morgan fingerprint density at radius 1 is 1.15 bits per heavy atom. The number of likely N-dealkylation sites (N-methyl/N-ethyl adjacent to an activating group) is 1. The summed E-state index contributed by atoms with van der Waals surface area (Å²) in [6, 6.07) is 8.56. The zero-order valence-corrected chi connectivity index (χ0v) is 13.4. The minimum absolute atomic E-state index is 0.240. The first kappa shape index (κ1) is 15.6. The molecule has 1 saturated carbocycles. The molecule has 0 amide bonds. The number of carbonyl (C=O) groups is 1. The molecule has 0 atom stereocenters. The lowest BCUT2D eigenvalue weighted by atomic mass is 10.1. The van der Waals surface area contributed by atoms with Crippen LogP contribution >= 0.6 is 11.8 Å². The third kappa shape index (κ3) is 4.35. The Morgan fingerprint density at radius 2 is 1.75 bits per heavy atom. The summed E-state index contributed by atoms with van der Waals surface area (Å²) in [5, 5.41) is 0. The van der Waals surface area contributed by atoms with Gasteiger partial charge in [-0.05, 0) is 38.3 Å². The van der Waals surface area contributed by atoms with E-state index < -0.39 is 0 Å². The van der Waals surface area contributed by atoms with Crippen LogP contribution in [0.5, 0.6) is 0 Å². The summed E-state index contributed by atoms with van der Waals surface area (Å²) < 4.78 is 0. The smallest absolute Gasteiger partial charge is 0.176 e. The van der Waals surface area contributed by atoms with Gasteiger partial charge in [0.1, 0.15) is 0 Å². The van der Waals surface area contributed by atoms with Gasteiger partial charge in [0.25, 0.3) is 0 Å². The lowest BCUT2D eigenvalue weighted by Crippen LogP contribution is -2.35. The first-order valence-electron chi connectivity index (χ1n) is 7.58. The average Bonchev–Trinajstić information content (AvgIpc) is 2.76. The molecule has 2 rings (SSSR count). The van der Waals surface area contributed by atoms with Gasteiger partial charge in [-0.3, -0.25) is 9.69 Å². The van der Waals surface area contributed by atoms with E-state index >= 15 is 0 Å². The summed E-state index contributed by atoms with van der Waals surface area (Å²) in [5.74, 6) is 0.240. The normalized spacial score (nSPS) is 17.1. The number of rotatable bonds is 5. The highest BCUT2D eigenvalue weighted by Crippen LogP contribution is 2.21. The van der Waals surface area contributed by atoms with E-state index in [1.165, 1.54) is 43.4 Å². The zero-order chi connectivity index (χ0) is 14.4. The van der Waals surface area contributed by atoms with Crippen molar-refractivity contribution in [3.05, 3.63) is 29.8 Å². The zero-order valence-electron chi connectivity index (χ0n) is 12.6. The largest absolute Gasteiger partial charge is 0.296 e. The molecule has 1 aliphatic rings. The van der Waals surface area contributed by atoms with Crippen LogP contribution in [0, 0.1) is 0 Å². The van der Waals surface area contributed by atoms with Gasteiger partial charge in [-0.15, -0.1) is 11.8 Å². The van der Waals surface area contributed by atoms with Gasteiger partial charge >= 0.3 is 0 Å². The van der Waals surface area contributed by atoms with Crippen molar-refractivity contribution in [2.75, 3.05) is 19.8 Å². The van der Waals surface area contributed by atoms with Gasteiger partial charge in [0.2, 0.25) is 0 Å². The highest BCUT2D eigenvalue weighted by atomic mass is 32.2. The van der Waals surface area contributed by atoms with E-state index in [0.29, 0.717) is 12.6 Å². The molecule has 0 aromatic heterocycles. The van der Waals surface area contributed by atoms with E-state index in [9.17, 15) is 4.79 Å². The van der Waals surface area contributed by atoms with Gasteiger partial charge in [-0.2, -0.15) is 0 Å². The van der Waals surface area contributed by atoms with Crippen LogP contribution in [0.15, 0.2) is 29.2 Å². The van der Waals surface area contributed by atoms with E-state index in [1.807, 2.05) is 24.3 Å². The van der Waals surface area contributed by atoms with Crippen molar-refractivity contribution in [1.82, 2.24) is 4.90 Å². The fourth-order valence-corrected chi connectivity index (χ4v) is 3.33. The van der Waals surface area contributed by atoms with Crippen molar-refractivity contribution >= 4 is 17.5 Å². The standard InChI is InChI=1S/C17H25NOS/c1-18(15-7-5-3-4-6-8-15)13-17(19)14-9-11-16(20-2)12-10-14/h9-12,15H,3-8,13H2,1-2H3. The maximum atomic E-state index is 12.3. The predicted octanol–water partition coefficient (Wildman–Crippen LogP) is 4.25. The van der Waals surface area contributed by atoms with E-state index in [2.05, 4.69) is 18.2 Å². The minimum Gasteiger partial charge on any atom is -0.296 e. The monoisotopic (exact) mass is 291 g/mol. The van der Waals surface area contributed by atoms with Gasteiger partial charge in [-0.1, -0.05) is 37.8 Å². The molecule has 1 aromatic rings. The molecule has 1 fully saturated rings. The fraction of sp³-hybridized carbons (Fsp3) is 0.588.